The lowest BCUT2D eigenvalue weighted by Gasteiger charge is -2.61. The van der Waals surface area contributed by atoms with Crippen molar-refractivity contribution in [2.45, 2.75) is 78.4 Å². The van der Waals surface area contributed by atoms with E-state index in [2.05, 4.69) is 37.6 Å². The fourth-order valence-corrected chi connectivity index (χ4v) is 8.93. The summed E-state index contributed by atoms with van der Waals surface area (Å²) in [5.74, 6) is -0.100. The van der Waals surface area contributed by atoms with Gasteiger partial charge in [0.1, 0.15) is 11.9 Å². The Bertz CT molecular complexity index is 936. The van der Waals surface area contributed by atoms with Gasteiger partial charge in [-0.25, -0.2) is 4.79 Å². The van der Waals surface area contributed by atoms with Crippen LogP contribution in [0.25, 0.3) is 0 Å². The first-order valence-electron chi connectivity index (χ1n) is 13.5. The molecule has 7 nitrogen and oxygen atoms in total. The van der Waals surface area contributed by atoms with Crippen LogP contribution in [0.3, 0.4) is 0 Å². The topological polar surface area (TPSA) is 95.9 Å². The molecule has 194 valence electrons. The zero-order valence-electron chi connectivity index (χ0n) is 21.7. The predicted octanol–water partition coefficient (Wildman–Crippen LogP) is 3.55. The van der Waals surface area contributed by atoms with Crippen LogP contribution in [0.15, 0.2) is 12.7 Å². The Kier molecular flexibility index (Phi) is 5.99. The Labute approximate surface area is 209 Å². The van der Waals surface area contributed by atoms with E-state index in [1.165, 1.54) is 0 Å². The van der Waals surface area contributed by atoms with Crippen molar-refractivity contribution < 1.29 is 24.2 Å². The number of Topliss-reactive ketones (excluding diaryl/α,β-unsaturated/α-hetero) is 1. The summed E-state index contributed by atoms with van der Waals surface area (Å²) in [7, 11) is 0. The second kappa shape index (κ2) is 8.41. The maximum Gasteiger partial charge on any atom is 0.414 e. The molecule has 5 fully saturated rings. The van der Waals surface area contributed by atoms with Crippen molar-refractivity contribution in [1.29, 1.82) is 0 Å². The number of carbonyl (C=O) groups is 3. The van der Waals surface area contributed by atoms with Crippen LogP contribution in [0.5, 0.6) is 0 Å². The van der Waals surface area contributed by atoms with E-state index in [-0.39, 0.29) is 40.8 Å². The number of aliphatic hydroxyl groups is 1. The van der Waals surface area contributed by atoms with Crippen LogP contribution in [0.4, 0.5) is 4.79 Å². The van der Waals surface area contributed by atoms with Crippen LogP contribution in [-0.2, 0) is 14.3 Å². The molecule has 35 heavy (non-hydrogen) atoms. The Morgan fingerprint density at radius 2 is 1.94 bits per heavy atom. The van der Waals surface area contributed by atoms with E-state index in [0.29, 0.717) is 25.3 Å². The van der Waals surface area contributed by atoms with E-state index in [1.54, 1.807) is 6.08 Å². The van der Waals surface area contributed by atoms with Crippen LogP contribution in [-0.4, -0.2) is 59.6 Å². The van der Waals surface area contributed by atoms with Crippen LogP contribution in [0.1, 0.15) is 66.2 Å². The van der Waals surface area contributed by atoms with E-state index in [9.17, 15) is 19.5 Å². The Balaban J connectivity index is 1.46. The molecular weight excluding hydrogens is 444 g/mol. The van der Waals surface area contributed by atoms with Crippen LogP contribution < -0.4 is 5.32 Å². The molecule has 2 aliphatic heterocycles. The van der Waals surface area contributed by atoms with Gasteiger partial charge in [0.15, 0.2) is 0 Å². The van der Waals surface area contributed by atoms with Crippen molar-refractivity contribution in [3.8, 4) is 0 Å². The van der Waals surface area contributed by atoms with Crippen LogP contribution in [0.2, 0.25) is 0 Å². The first-order valence-corrected chi connectivity index (χ1v) is 13.5. The quantitative estimate of drug-likeness (QED) is 0.593. The third kappa shape index (κ3) is 3.55. The van der Waals surface area contributed by atoms with Crippen molar-refractivity contribution in [1.82, 2.24) is 10.2 Å². The largest absolute Gasteiger partial charge is 0.445 e. The molecule has 4 bridgehead atoms. The first-order chi connectivity index (χ1) is 16.5. The smallest absolute Gasteiger partial charge is 0.414 e. The number of hydrogen-bond donors (Lipinski definition) is 2. The molecule has 5 rings (SSSR count). The molecule has 5 aliphatic rings. The normalized spacial score (nSPS) is 50.7. The fourth-order valence-electron chi connectivity index (χ4n) is 8.93. The standard InChI is InChI=1S/C28H42N2O5/c1-6-26(4)13-21(35-25(34)29-24(33)19-15-30-12-9-18(19)14-30)27(5)16(2)7-10-28(17(3)23(26)32)11-8-20(31)22(27)28/h6,16-19,21-23,32H,1,7-15H2,2-5H3,(H,29,33,34)/t16?,17-,18-,19?,21+,22-,23-,26+,27-,28-/m0/s1. The number of nitrogens with one attached hydrogen (secondary N) is 1. The van der Waals surface area contributed by atoms with Gasteiger partial charge in [-0.3, -0.25) is 14.9 Å². The number of piperidine rings is 1. The Morgan fingerprint density at radius 1 is 1.20 bits per heavy atom. The van der Waals surface area contributed by atoms with Gasteiger partial charge in [-0.2, -0.15) is 0 Å². The number of aliphatic hydroxyl groups excluding tert-OH is 1. The van der Waals surface area contributed by atoms with Gasteiger partial charge in [0.05, 0.1) is 12.0 Å². The van der Waals surface area contributed by atoms with Gasteiger partial charge in [-0.15, -0.1) is 6.58 Å². The lowest BCUT2D eigenvalue weighted by molar-refractivity contribution is -0.191. The molecule has 2 amide bonds. The highest BCUT2D eigenvalue weighted by Crippen LogP contribution is 2.68. The number of amides is 2. The van der Waals surface area contributed by atoms with Crippen molar-refractivity contribution in [2.75, 3.05) is 19.6 Å². The molecule has 3 aliphatic carbocycles. The Hall–Kier alpha value is -1.73. The number of rotatable bonds is 3. The zero-order valence-corrected chi connectivity index (χ0v) is 21.7. The second-order valence-electron chi connectivity index (χ2n) is 12.9. The monoisotopic (exact) mass is 486 g/mol. The fraction of sp³-hybridized carbons (Fsp3) is 0.821. The minimum absolute atomic E-state index is 0.0714. The number of ether oxygens (including phenoxy) is 1. The molecule has 11 atom stereocenters. The van der Waals surface area contributed by atoms with Crippen molar-refractivity contribution in [2.24, 2.45) is 45.8 Å². The third-order valence-electron chi connectivity index (χ3n) is 11.4. The summed E-state index contributed by atoms with van der Waals surface area (Å²) in [4.78, 5) is 41.8. The maximum absolute atomic E-state index is 13.5. The van der Waals surface area contributed by atoms with Gasteiger partial charge in [-0.05, 0) is 61.8 Å². The van der Waals surface area contributed by atoms with E-state index in [1.807, 2.05) is 6.92 Å². The minimum Gasteiger partial charge on any atom is -0.445 e. The van der Waals surface area contributed by atoms with E-state index >= 15 is 0 Å². The minimum atomic E-state index is -0.734. The van der Waals surface area contributed by atoms with Gasteiger partial charge in [0, 0.05) is 36.3 Å². The summed E-state index contributed by atoms with van der Waals surface area (Å²) in [5, 5.41) is 14.1. The lowest BCUT2D eigenvalue weighted by Crippen LogP contribution is -2.63. The highest BCUT2D eigenvalue weighted by Gasteiger charge is 2.68. The van der Waals surface area contributed by atoms with Gasteiger partial charge >= 0.3 is 6.09 Å². The van der Waals surface area contributed by atoms with Crippen molar-refractivity contribution >= 4 is 17.8 Å². The molecule has 2 N–H and O–H groups in total. The molecule has 0 aromatic heterocycles. The van der Waals surface area contributed by atoms with E-state index < -0.39 is 29.1 Å². The lowest BCUT2D eigenvalue weighted by atomic mass is 9.44. The molecule has 0 aromatic carbocycles. The predicted molar refractivity (Wildman–Crippen MR) is 131 cm³/mol. The molecule has 3 saturated carbocycles. The van der Waals surface area contributed by atoms with Gasteiger partial charge < -0.3 is 14.7 Å². The van der Waals surface area contributed by atoms with Crippen molar-refractivity contribution in [3.05, 3.63) is 12.7 Å². The molecule has 2 saturated heterocycles. The third-order valence-corrected chi connectivity index (χ3v) is 11.4. The molecule has 0 aromatic rings. The van der Waals surface area contributed by atoms with Crippen LogP contribution in [0, 0.1) is 45.8 Å². The molecule has 2 heterocycles. The summed E-state index contributed by atoms with van der Waals surface area (Å²) in [6.07, 6.45) is 4.17. The number of nitrogens with zero attached hydrogens (tertiary/aromatic N) is 1. The number of hydrogen-bond acceptors (Lipinski definition) is 6. The zero-order chi connectivity index (χ0) is 25.3. The van der Waals surface area contributed by atoms with Gasteiger partial charge in [-0.1, -0.05) is 33.8 Å². The second-order valence-corrected chi connectivity index (χ2v) is 12.9. The summed E-state index contributed by atoms with van der Waals surface area (Å²) < 4.78 is 6.13. The highest BCUT2D eigenvalue weighted by molar-refractivity contribution is 5.93. The highest BCUT2D eigenvalue weighted by atomic mass is 16.6. The molecule has 0 spiro atoms. The number of alkyl carbamates (subject to hydrolysis) is 1. The van der Waals surface area contributed by atoms with Gasteiger partial charge in [0.2, 0.25) is 5.91 Å². The average molecular weight is 487 g/mol. The number of carbonyl (C=O) groups excluding carboxylic acids is 3. The first kappa shape index (κ1) is 24.9. The summed E-state index contributed by atoms with van der Waals surface area (Å²) in [6, 6.07) is 0. The van der Waals surface area contributed by atoms with Crippen LogP contribution >= 0.6 is 0 Å². The number of fused-ring (bicyclic) bond motifs is 2. The summed E-state index contributed by atoms with van der Waals surface area (Å²) in [6.45, 7) is 15.0. The van der Waals surface area contributed by atoms with Gasteiger partial charge in [0.25, 0.3) is 0 Å². The Morgan fingerprint density at radius 3 is 2.57 bits per heavy atom. The molecule has 0 radical (unpaired) electrons. The average Bonchev–Trinajstić information content (AvgIpc) is 3.55. The SMILES string of the molecule is C=C[C@]1(C)C[C@@H](OC(=O)NC(=O)C2CN3CC[C@H]2C3)[C@]2(C)C(C)CC[C@]3(CCC(=O)[C@H]32)[C@@H](C)[C@@H]1O. The summed E-state index contributed by atoms with van der Waals surface area (Å²) >= 11 is 0. The van der Waals surface area contributed by atoms with E-state index in [4.69, 9.17) is 4.74 Å². The molecule has 7 heteroatoms. The summed E-state index contributed by atoms with van der Waals surface area (Å²) in [5.41, 5.74) is -1.58. The number of ketones is 1. The molecular formula is C28H42N2O5. The maximum atomic E-state index is 13.5. The number of imide groups is 1. The van der Waals surface area contributed by atoms with E-state index in [0.717, 1.165) is 38.8 Å². The van der Waals surface area contributed by atoms with Crippen molar-refractivity contribution in [3.63, 3.8) is 0 Å². The molecule has 3 unspecified atom stereocenters.